The Bertz CT molecular complexity index is 949. The molecule has 3 aliphatic rings. The second-order valence-electron chi connectivity index (χ2n) is 9.34. The first-order chi connectivity index (χ1) is 15.6. The number of likely N-dealkylation sites (tertiary alicyclic amines) is 1. The Balaban J connectivity index is 1.52. The van der Waals surface area contributed by atoms with Crippen molar-refractivity contribution in [1.82, 2.24) is 14.7 Å². The molecule has 0 unspecified atom stereocenters. The number of nitrogens with zero attached hydrogens (tertiary/aromatic N) is 3. The molecule has 4 atom stereocenters. The summed E-state index contributed by atoms with van der Waals surface area (Å²) in [5, 5.41) is 19.9. The van der Waals surface area contributed by atoms with Crippen molar-refractivity contribution in [2.45, 2.75) is 55.5 Å². The van der Waals surface area contributed by atoms with Crippen molar-refractivity contribution >= 4 is 35.5 Å². The van der Waals surface area contributed by atoms with Crippen molar-refractivity contribution in [2.75, 3.05) is 19.6 Å². The van der Waals surface area contributed by atoms with E-state index >= 15 is 0 Å². The lowest BCUT2D eigenvalue weighted by molar-refractivity contribution is -0.173. The van der Waals surface area contributed by atoms with Crippen LogP contribution in [0, 0.1) is 5.92 Å². The Kier molecular flexibility index (Phi) is 6.41. The van der Waals surface area contributed by atoms with Crippen molar-refractivity contribution in [3.8, 4) is 0 Å². The summed E-state index contributed by atoms with van der Waals surface area (Å²) in [6, 6.07) is 8.14. The minimum absolute atomic E-state index is 0.127. The van der Waals surface area contributed by atoms with Crippen LogP contribution in [0.25, 0.3) is 0 Å². The van der Waals surface area contributed by atoms with E-state index in [1.807, 2.05) is 30.3 Å². The predicted octanol–water partition coefficient (Wildman–Crippen LogP) is 0.762. The molecule has 3 fully saturated rings. The van der Waals surface area contributed by atoms with Gasteiger partial charge in [0.15, 0.2) is 0 Å². The van der Waals surface area contributed by atoms with Gasteiger partial charge in [-0.2, -0.15) is 0 Å². The van der Waals surface area contributed by atoms with Gasteiger partial charge in [-0.3, -0.25) is 14.4 Å². The van der Waals surface area contributed by atoms with E-state index in [2.05, 4.69) is 0 Å². The quantitative estimate of drug-likeness (QED) is 0.559. The first-order valence-corrected chi connectivity index (χ1v) is 12.0. The standard InChI is InChI=1S/C23H29N3O6S/c1-23(2)18(22(31)32)26-19(29)16(21(26)33-23)17(28)20(30)25(12-14-8-4-3-5-9-14)13-15(27)24-10-6-7-11-24/h3-5,8-9,16-18,21,28H,6-7,10-13H2,1-2H3,(H,31,32)/t16-,17+,18+,21-/m1/s1. The largest absolute Gasteiger partial charge is 0.480 e. The number of carbonyl (C=O) groups is 4. The molecule has 2 N–H and O–H groups in total. The monoisotopic (exact) mass is 475 g/mol. The summed E-state index contributed by atoms with van der Waals surface area (Å²) in [6.07, 6.45) is 0.198. The highest BCUT2D eigenvalue weighted by Gasteiger charge is 2.66. The highest BCUT2D eigenvalue weighted by Crippen LogP contribution is 2.54. The van der Waals surface area contributed by atoms with Crippen LogP contribution in [-0.4, -0.2) is 90.5 Å². The third-order valence-corrected chi connectivity index (χ3v) is 8.21. The molecule has 178 valence electrons. The van der Waals surface area contributed by atoms with Crippen LogP contribution in [0.4, 0.5) is 0 Å². The van der Waals surface area contributed by atoms with Crippen molar-refractivity contribution in [3.63, 3.8) is 0 Å². The van der Waals surface area contributed by atoms with E-state index in [0.717, 1.165) is 18.4 Å². The van der Waals surface area contributed by atoms with E-state index in [1.54, 1.807) is 18.7 Å². The maximum Gasteiger partial charge on any atom is 0.327 e. The second-order valence-corrected chi connectivity index (χ2v) is 11.1. The summed E-state index contributed by atoms with van der Waals surface area (Å²) in [4.78, 5) is 55.0. The molecule has 0 bridgehead atoms. The number of aliphatic hydroxyl groups excluding tert-OH is 1. The Labute approximate surface area is 196 Å². The molecule has 3 amide bonds. The maximum absolute atomic E-state index is 13.4. The van der Waals surface area contributed by atoms with Gasteiger partial charge in [0.25, 0.3) is 5.91 Å². The summed E-state index contributed by atoms with van der Waals surface area (Å²) < 4.78 is -0.751. The average molecular weight is 476 g/mol. The first kappa shape index (κ1) is 23.6. The third-order valence-electron chi connectivity index (χ3n) is 6.62. The Hall–Kier alpha value is -2.59. The molecule has 0 spiro atoms. The number of β-lactam (4-membered cyclic amide) rings is 1. The average Bonchev–Trinajstić information content (AvgIpc) is 3.38. The molecule has 3 heterocycles. The van der Waals surface area contributed by atoms with Gasteiger partial charge in [0.05, 0.1) is 5.37 Å². The van der Waals surface area contributed by atoms with Crippen LogP contribution >= 0.6 is 11.8 Å². The lowest BCUT2D eigenvalue weighted by Gasteiger charge is -2.45. The smallest absolute Gasteiger partial charge is 0.327 e. The number of carboxylic acid groups (broad SMARTS) is 1. The van der Waals surface area contributed by atoms with E-state index in [4.69, 9.17) is 0 Å². The van der Waals surface area contributed by atoms with Gasteiger partial charge in [-0.1, -0.05) is 30.3 Å². The topological polar surface area (TPSA) is 118 Å². The number of benzene rings is 1. The number of carbonyl (C=O) groups excluding carboxylic acids is 3. The molecule has 10 heteroatoms. The van der Waals surface area contributed by atoms with Gasteiger partial charge in [-0.25, -0.2) is 4.79 Å². The molecule has 1 aromatic rings. The first-order valence-electron chi connectivity index (χ1n) is 11.1. The van der Waals surface area contributed by atoms with E-state index in [-0.39, 0.29) is 19.0 Å². The summed E-state index contributed by atoms with van der Waals surface area (Å²) in [7, 11) is 0. The highest BCUT2D eigenvalue weighted by molar-refractivity contribution is 8.01. The highest BCUT2D eigenvalue weighted by atomic mass is 32.2. The fourth-order valence-corrected chi connectivity index (χ4v) is 6.64. The third kappa shape index (κ3) is 4.33. The van der Waals surface area contributed by atoms with Crippen LogP contribution in [0.2, 0.25) is 0 Å². The number of thioether (sulfide) groups is 1. The molecular weight excluding hydrogens is 446 g/mol. The lowest BCUT2D eigenvalue weighted by atomic mass is 9.87. The minimum atomic E-state index is -1.65. The number of aliphatic carboxylic acids is 1. The number of carboxylic acids is 1. The number of rotatable bonds is 7. The zero-order valence-electron chi connectivity index (χ0n) is 18.7. The molecule has 0 saturated carbocycles. The van der Waals surface area contributed by atoms with Gasteiger partial charge < -0.3 is 24.9 Å². The summed E-state index contributed by atoms with van der Waals surface area (Å²) in [6.45, 7) is 4.72. The SMILES string of the molecule is CC1(C)S[C@@H]2[C@H]([C@H](O)C(=O)N(CC(=O)N3CCCC3)Cc3ccccc3)C(=O)N2[C@H]1C(=O)O. The van der Waals surface area contributed by atoms with Gasteiger partial charge in [-0.15, -0.1) is 11.8 Å². The zero-order valence-corrected chi connectivity index (χ0v) is 19.5. The van der Waals surface area contributed by atoms with Crippen LogP contribution in [0.1, 0.15) is 32.3 Å². The van der Waals surface area contributed by atoms with Gasteiger partial charge in [-0.05, 0) is 32.3 Å². The van der Waals surface area contributed by atoms with Gasteiger partial charge in [0.2, 0.25) is 11.8 Å². The number of hydrogen-bond donors (Lipinski definition) is 2. The molecular formula is C23H29N3O6S. The number of amides is 3. The lowest BCUT2D eigenvalue weighted by Crippen LogP contribution is -2.67. The molecule has 3 aliphatic heterocycles. The number of fused-ring (bicyclic) bond motifs is 1. The van der Waals surface area contributed by atoms with E-state index in [0.29, 0.717) is 13.1 Å². The molecule has 33 heavy (non-hydrogen) atoms. The van der Waals surface area contributed by atoms with E-state index < -0.39 is 46.0 Å². The Morgan fingerprint density at radius 1 is 1.18 bits per heavy atom. The molecule has 1 aromatic carbocycles. The van der Waals surface area contributed by atoms with Crippen molar-refractivity contribution in [2.24, 2.45) is 5.92 Å². The molecule has 0 radical (unpaired) electrons. The number of aliphatic hydroxyl groups is 1. The van der Waals surface area contributed by atoms with Crippen molar-refractivity contribution in [1.29, 1.82) is 0 Å². The van der Waals surface area contributed by atoms with Gasteiger partial charge in [0.1, 0.15) is 24.6 Å². The fourth-order valence-electron chi connectivity index (χ4n) is 4.92. The normalized spacial score (nSPS) is 26.5. The van der Waals surface area contributed by atoms with Crippen LogP contribution in [-0.2, 0) is 25.7 Å². The Morgan fingerprint density at radius 2 is 1.82 bits per heavy atom. The van der Waals surface area contributed by atoms with E-state index in [9.17, 15) is 29.4 Å². The van der Waals surface area contributed by atoms with E-state index in [1.165, 1.54) is 21.6 Å². The molecule has 9 nitrogen and oxygen atoms in total. The van der Waals surface area contributed by atoms with Crippen LogP contribution in [0.15, 0.2) is 30.3 Å². The summed E-state index contributed by atoms with van der Waals surface area (Å²) in [5.41, 5.74) is 0.802. The van der Waals surface area contributed by atoms with Crippen molar-refractivity contribution in [3.05, 3.63) is 35.9 Å². The molecule has 0 aliphatic carbocycles. The van der Waals surface area contributed by atoms with Crippen molar-refractivity contribution < 1.29 is 29.4 Å². The number of hydrogen-bond acceptors (Lipinski definition) is 6. The second kappa shape index (κ2) is 8.98. The van der Waals surface area contributed by atoms with Gasteiger partial charge >= 0.3 is 5.97 Å². The predicted molar refractivity (Wildman–Crippen MR) is 121 cm³/mol. The molecule has 0 aromatic heterocycles. The fraction of sp³-hybridized carbons (Fsp3) is 0.565. The summed E-state index contributed by atoms with van der Waals surface area (Å²) in [5.74, 6) is -3.57. The minimum Gasteiger partial charge on any atom is -0.480 e. The maximum atomic E-state index is 13.4. The van der Waals surface area contributed by atoms with Gasteiger partial charge in [0, 0.05) is 24.4 Å². The molecule has 3 saturated heterocycles. The van der Waals surface area contributed by atoms with Crippen LogP contribution in [0.5, 0.6) is 0 Å². The summed E-state index contributed by atoms with van der Waals surface area (Å²) >= 11 is 1.28. The molecule has 4 rings (SSSR count). The Morgan fingerprint density at radius 3 is 2.42 bits per heavy atom. The van der Waals surface area contributed by atoms with Crippen LogP contribution < -0.4 is 0 Å². The van der Waals surface area contributed by atoms with Crippen LogP contribution in [0.3, 0.4) is 0 Å². The zero-order chi connectivity index (χ0) is 23.9.